The second-order valence-electron chi connectivity index (χ2n) is 3.69. The van der Waals surface area contributed by atoms with Crippen LogP contribution in [0.4, 0.5) is 5.82 Å². The Morgan fingerprint density at radius 1 is 1.48 bits per heavy atom. The molecule has 0 atom stereocenters. The maximum absolute atomic E-state index is 11.2. The van der Waals surface area contributed by atoms with E-state index in [4.69, 9.17) is 22.1 Å². The van der Waals surface area contributed by atoms with Gasteiger partial charge >= 0.3 is 5.97 Å². The van der Waals surface area contributed by atoms with Crippen LogP contribution in [-0.2, 0) is 4.74 Å². The Morgan fingerprint density at radius 2 is 2.14 bits per heavy atom. The summed E-state index contributed by atoms with van der Waals surface area (Å²) < 4.78 is 4.71. The molecule has 0 saturated heterocycles. The Balaban J connectivity index is 0.000000433. The molecule has 0 aromatic carbocycles. The van der Waals surface area contributed by atoms with Gasteiger partial charge in [-0.3, -0.25) is 0 Å². The minimum atomic E-state index is -0.545. The lowest BCUT2D eigenvalue weighted by Crippen LogP contribution is -2.10. The molecule has 0 aliphatic heterocycles. The minimum Gasteiger partial charge on any atom is -0.462 e. The van der Waals surface area contributed by atoms with Gasteiger partial charge in [-0.05, 0) is 30.5 Å². The van der Waals surface area contributed by atoms with Crippen LogP contribution < -0.4 is 5.73 Å². The standard InChI is InChI=1S/C8H12.C7H8ClN3O2/c1-4-7-8(5-2)6-3;1-2-13-6(12)4-3-10-7(8)11-5(4)9/h4-5,7H,1-2,6H2,3H3;3H,2H2,1H3,(H2,9,10,11)/b8-7+;. The Kier molecular flexibility index (Phi) is 9.54. The van der Waals surface area contributed by atoms with Crippen molar-refractivity contribution >= 4 is 23.4 Å². The molecule has 6 heteroatoms. The molecule has 0 bridgehead atoms. The fraction of sp³-hybridized carbons (Fsp3) is 0.267. The van der Waals surface area contributed by atoms with Gasteiger partial charge in [-0.25, -0.2) is 14.8 Å². The molecule has 1 aromatic heterocycles. The number of nitrogen functional groups attached to an aromatic ring is 1. The molecule has 0 saturated carbocycles. The fourth-order valence-corrected chi connectivity index (χ4v) is 1.36. The smallest absolute Gasteiger partial charge is 0.343 e. The van der Waals surface area contributed by atoms with Gasteiger partial charge in [0, 0.05) is 6.20 Å². The number of rotatable bonds is 5. The van der Waals surface area contributed by atoms with E-state index in [2.05, 4.69) is 30.0 Å². The second-order valence-corrected chi connectivity index (χ2v) is 4.03. The number of carbonyl (C=O) groups excluding carboxylic acids is 1. The molecule has 2 N–H and O–H groups in total. The van der Waals surface area contributed by atoms with Gasteiger partial charge in [-0.15, -0.1) is 0 Å². The number of allylic oxidation sites excluding steroid dienone is 4. The van der Waals surface area contributed by atoms with Crippen LogP contribution in [0.3, 0.4) is 0 Å². The van der Waals surface area contributed by atoms with Crippen LogP contribution in [0.5, 0.6) is 0 Å². The van der Waals surface area contributed by atoms with Crippen LogP contribution in [-0.4, -0.2) is 22.5 Å². The molecule has 1 rings (SSSR count). The quantitative estimate of drug-likeness (QED) is 0.511. The highest BCUT2D eigenvalue weighted by Gasteiger charge is 2.12. The monoisotopic (exact) mass is 309 g/mol. The van der Waals surface area contributed by atoms with Gasteiger partial charge < -0.3 is 10.5 Å². The lowest BCUT2D eigenvalue weighted by atomic mass is 10.2. The summed E-state index contributed by atoms with van der Waals surface area (Å²) in [6.45, 7) is 11.3. The summed E-state index contributed by atoms with van der Waals surface area (Å²) in [5.41, 5.74) is 6.78. The van der Waals surface area contributed by atoms with Crippen molar-refractivity contribution < 1.29 is 9.53 Å². The number of anilines is 1. The van der Waals surface area contributed by atoms with Crippen molar-refractivity contribution in [3.05, 3.63) is 54.0 Å². The van der Waals surface area contributed by atoms with Crippen molar-refractivity contribution in [2.75, 3.05) is 12.3 Å². The third-order valence-electron chi connectivity index (χ3n) is 2.29. The molecule has 0 spiro atoms. The molecule has 1 heterocycles. The van der Waals surface area contributed by atoms with Crippen molar-refractivity contribution in [2.24, 2.45) is 0 Å². The molecular weight excluding hydrogens is 290 g/mol. The molecule has 0 aliphatic carbocycles. The van der Waals surface area contributed by atoms with Crippen molar-refractivity contribution in [3.63, 3.8) is 0 Å². The van der Waals surface area contributed by atoms with Gasteiger partial charge in [-0.2, -0.15) is 0 Å². The molecule has 1 aromatic rings. The first kappa shape index (κ1) is 18.9. The summed E-state index contributed by atoms with van der Waals surface area (Å²) in [7, 11) is 0. The third-order valence-corrected chi connectivity index (χ3v) is 2.47. The first-order valence-electron chi connectivity index (χ1n) is 6.39. The molecule has 0 unspecified atom stereocenters. The zero-order chi connectivity index (χ0) is 16.3. The average Bonchev–Trinajstić information content (AvgIpc) is 2.45. The van der Waals surface area contributed by atoms with E-state index in [0.717, 1.165) is 6.42 Å². The third kappa shape index (κ3) is 7.27. The van der Waals surface area contributed by atoms with Gasteiger partial charge in [0.15, 0.2) is 0 Å². The lowest BCUT2D eigenvalue weighted by Gasteiger charge is -2.02. The van der Waals surface area contributed by atoms with Crippen LogP contribution >= 0.6 is 11.6 Å². The molecular formula is C15H20ClN3O2. The first-order chi connectivity index (χ1) is 9.99. The van der Waals surface area contributed by atoms with Crippen LogP contribution in [0.25, 0.3) is 0 Å². The van der Waals surface area contributed by atoms with E-state index in [0.29, 0.717) is 0 Å². The van der Waals surface area contributed by atoms with E-state index in [1.54, 1.807) is 13.0 Å². The Hall–Kier alpha value is -2.14. The maximum atomic E-state index is 11.2. The van der Waals surface area contributed by atoms with E-state index in [1.807, 2.05) is 12.2 Å². The number of nitrogens with zero attached hydrogens (tertiary/aromatic N) is 2. The van der Waals surface area contributed by atoms with E-state index >= 15 is 0 Å². The predicted molar refractivity (Wildman–Crippen MR) is 86.2 cm³/mol. The zero-order valence-electron chi connectivity index (χ0n) is 12.3. The lowest BCUT2D eigenvalue weighted by molar-refractivity contribution is 0.0526. The largest absolute Gasteiger partial charge is 0.462 e. The Morgan fingerprint density at radius 3 is 2.52 bits per heavy atom. The topological polar surface area (TPSA) is 78.1 Å². The summed E-state index contributed by atoms with van der Waals surface area (Å²) in [6.07, 6.45) is 7.87. The number of aromatic nitrogens is 2. The molecule has 5 nitrogen and oxygen atoms in total. The maximum Gasteiger partial charge on any atom is 0.343 e. The van der Waals surface area contributed by atoms with Gasteiger partial charge in [0.1, 0.15) is 11.4 Å². The number of hydrogen-bond acceptors (Lipinski definition) is 5. The average molecular weight is 310 g/mol. The van der Waals surface area contributed by atoms with Gasteiger partial charge in [0.2, 0.25) is 5.28 Å². The molecule has 0 aliphatic rings. The van der Waals surface area contributed by atoms with Crippen LogP contribution in [0, 0.1) is 0 Å². The Bertz CT molecular complexity index is 528. The van der Waals surface area contributed by atoms with Crippen LogP contribution in [0.1, 0.15) is 30.6 Å². The molecule has 0 amide bonds. The SMILES string of the molecule is C=C/C=C(\C=C)CC.CCOC(=O)c1cnc(Cl)nc1N. The Labute approximate surface area is 130 Å². The summed E-state index contributed by atoms with van der Waals surface area (Å²) >= 11 is 5.44. The van der Waals surface area contributed by atoms with Crippen molar-refractivity contribution in [3.8, 4) is 0 Å². The number of carbonyl (C=O) groups is 1. The predicted octanol–water partition coefficient (Wildman–Crippen LogP) is 3.58. The van der Waals surface area contributed by atoms with E-state index < -0.39 is 5.97 Å². The zero-order valence-corrected chi connectivity index (χ0v) is 13.1. The number of esters is 1. The van der Waals surface area contributed by atoms with Gasteiger partial charge in [-0.1, -0.05) is 38.3 Å². The molecule has 21 heavy (non-hydrogen) atoms. The van der Waals surface area contributed by atoms with E-state index in [9.17, 15) is 4.79 Å². The number of halogens is 1. The molecule has 0 fully saturated rings. The van der Waals surface area contributed by atoms with Crippen LogP contribution in [0.15, 0.2) is 43.2 Å². The van der Waals surface area contributed by atoms with Crippen LogP contribution in [0.2, 0.25) is 5.28 Å². The number of ether oxygens (including phenoxy) is 1. The fourth-order valence-electron chi connectivity index (χ4n) is 1.22. The highest BCUT2D eigenvalue weighted by Crippen LogP contribution is 2.11. The number of hydrogen-bond donors (Lipinski definition) is 1. The molecule has 0 radical (unpaired) electrons. The van der Waals surface area contributed by atoms with Crippen molar-refractivity contribution in [2.45, 2.75) is 20.3 Å². The first-order valence-corrected chi connectivity index (χ1v) is 6.77. The van der Waals surface area contributed by atoms with E-state index in [1.165, 1.54) is 11.8 Å². The minimum absolute atomic E-state index is 0.00514. The van der Waals surface area contributed by atoms with Crippen molar-refractivity contribution in [1.29, 1.82) is 0 Å². The normalized spacial score (nSPS) is 10.1. The summed E-state index contributed by atoms with van der Waals surface area (Å²) in [5, 5.41) is 0.00514. The number of nitrogens with two attached hydrogens (primary N) is 1. The van der Waals surface area contributed by atoms with E-state index in [-0.39, 0.29) is 23.3 Å². The summed E-state index contributed by atoms with van der Waals surface area (Å²) in [6, 6.07) is 0. The van der Waals surface area contributed by atoms with Gasteiger partial charge in [0.05, 0.1) is 6.61 Å². The summed E-state index contributed by atoms with van der Waals surface area (Å²) in [5.74, 6) is -0.518. The summed E-state index contributed by atoms with van der Waals surface area (Å²) in [4.78, 5) is 18.4. The van der Waals surface area contributed by atoms with Gasteiger partial charge in [0.25, 0.3) is 0 Å². The molecule has 114 valence electrons. The second kappa shape index (κ2) is 10.6. The highest BCUT2D eigenvalue weighted by molar-refractivity contribution is 6.28. The highest BCUT2D eigenvalue weighted by atomic mass is 35.5. The van der Waals surface area contributed by atoms with Crippen molar-refractivity contribution in [1.82, 2.24) is 9.97 Å².